The van der Waals surface area contributed by atoms with Gasteiger partial charge >= 0.3 is 0 Å². The van der Waals surface area contributed by atoms with Crippen molar-refractivity contribution in [3.8, 4) is 33.4 Å². The molecule has 11 rings (SSSR count). The van der Waals surface area contributed by atoms with Gasteiger partial charge in [-0.3, -0.25) is 4.99 Å². The van der Waals surface area contributed by atoms with Crippen LogP contribution in [0, 0.1) is 0 Å². The van der Waals surface area contributed by atoms with Gasteiger partial charge in [-0.15, -0.1) is 0 Å². The summed E-state index contributed by atoms with van der Waals surface area (Å²) in [5, 5.41) is 12.2. The lowest BCUT2D eigenvalue weighted by Gasteiger charge is -2.19. The Morgan fingerprint density at radius 1 is 0.396 bits per heavy atom. The van der Waals surface area contributed by atoms with Crippen LogP contribution in [0.4, 0.5) is 0 Å². The molecule has 0 N–H and O–H groups in total. The van der Waals surface area contributed by atoms with Gasteiger partial charge in [0.25, 0.3) is 0 Å². The molecule has 2 nitrogen and oxygen atoms in total. The van der Waals surface area contributed by atoms with Crippen molar-refractivity contribution in [3.05, 3.63) is 176 Å². The van der Waals surface area contributed by atoms with Gasteiger partial charge in [0.15, 0.2) is 0 Å². The Labute approximate surface area is 307 Å². The molecule has 0 aliphatic carbocycles. The fourth-order valence-corrected chi connectivity index (χ4v) is 8.96. The van der Waals surface area contributed by atoms with E-state index in [2.05, 4.69) is 175 Å². The van der Waals surface area contributed by atoms with Crippen LogP contribution in [0.5, 0.6) is 0 Å². The number of fused-ring (bicyclic) bond motifs is 7. The van der Waals surface area contributed by atoms with Crippen molar-refractivity contribution in [2.75, 3.05) is 0 Å². The molecule has 2 heteroatoms. The average Bonchev–Trinajstić information content (AvgIpc) is 3.61. The molecular weight excluding hydrogens is 643 g/mol. The molecule has 1 aliphatic heterocycles. The quantitative estimate of drug-likeness (QED) is 0.171. The third-order valence-electron chi connectivity index (χ3n) is 11.2. The summed E-state index contributed by atoms with van der Waals surface area (Å²) in [6, 6.07) is 59.5. The van der Waals surface area contributed by atoms with Crippen molar-refractivity contribution in [1.29, 1.82) is 0 Å². The lowest BCUT2D eigenvalue weighted by molar-refractivity contribution is 0.670. The van der Waals surface area contributed by atoms with Gasteiger partial charge in [0.2, 0.25) is 0 Å². The van der Waals surface area contributed by atoms with Crippen molar-refractivity contribution < 1.29 is 4.42 Å². The smallest absolute Gasteiger partial charge is 0.143 e. The first-order valence-corrected chi connectivity index (χ1v) is 18.4. The van der Waals surface area contributed by atoms with E-state index in [-0.39, 0.29) is 0 Å². The SMILES string of the molecule is C1=NC=C(c2c3ccccc3c(-c3cccc4c3oc3ccc(-c5c6ccccc6c(-c6ccccc6)c6ccccc56)cc34)c3ccccc23)CC1. The summed E-state index contributed by atoms with van der Waals surface area (Å²) in [7, 11) is 0. The van der Waals surface area contributed by atoms with Crippen LogP contribution in [0.15, 0.2) is 179 Å². The van der Waals surface area contributed by atoms with Gasteiger partial charge in [0.1, 0.15) is 11.2 Å². The molecule has 10 aromatic rings. The number of para-hydroxylation sites is 1. The molecule has 0 saturated carbocycles. The summed E-state index contributed by atoms with van der Waals surface area (Å²) in [4.78, 5) is 4.57. The maximum Gasteiger partial charge on any atom is 0.143 e. The van der Waals surface area contributed by atoms with Gasteiger partial charge in [-0.1, -0.05) is 152 Å². The molecule has 0 fully saturated rings. The first-order chi connectivity index (χ1) is 26.3. The van der Waals surface area contributed by atoms with E-state index < -0.39 is 0 Å². The summed E-state index contributed by atoms with van der Waals surface area (Å²) < 4.78 is 6.89. The Bertz CT molecular complexity index is 3050. The van der Waals surface area contributed by atoms with E-state index in [1.54, 1.807) is 0 Å². The molecule has 53 heavy (non-hydrogen) atoms. The minimum atomic E-state index is 0.890. The fourth-order valence-electron chi connectivity index (χ4n) is 8.96. The molecule has 1 aromatic heterocycles. The maximum atomic E-state index is 6.89. The first kappa shape index (κ1) is 29.9. The molecule has 0 unspecified atom stereocenters. The Morgan fingerprint density at radius 3 is 1.47 bits per heavy atom. The predicted molar refractivity (Wildman–Crippen MR) is 226 cm³/mol. The second kappa shape index (κ2) is 11.9. The number of rotatable bonds is 4. The predicted octanol–water partition coefficient (Wildman–Crippen LogP) is 14.4. The van der Waals surface area contributed by atoms with Gasteiger partial charge in [-0.25, -0.2) is 0 Å². The van der Waals surface area contributed by atoms with Gasteiger partial charge in [-0.2, -0.15) is 0 Å². The van der Waals surface area contributed by atoms with E-state index >= 15 is 0 Å². The third kappa shape index (κ3) is 4.55. The van der Waals surface area contributed by atoms with Crippen molar-refractivity contribution >= 4 is 76.8 Å². The monoisotopic (exact) mass is 675 g/mol. The first-order valence-electron chi connectivity index (χ1n) is 18.4. The highest BCUT2D eigenvalue weighted by atomic mass is 16.3. The summed E-state index contributed by atoms with van der Waals surface area (Å²) >= 11 is 0. The summed E-state index contributed by atoms with van der Waals surface area (Å²) in [5.74, 6) is 0. The largest absolute Gasteiger partial charge is 0.455 e. The molecular formula is C51H33NO. The van der Waals surface area contributed by atoms with Crippen molar-refractivity contribution in [3.63, 3.8) is 0 Å². The number of furan rings is 1. The van der Waals surface area contributed by atoms with E-state index in [1.807, 2.05) is 6.21 Å². The Kier molecular flexibility index (Phi) is 6.72. The molecule has 2 heterocycles. The maximum absolute atomic E-state index is 6.89. The number of hydrogen-bond acceptors (Lipinski definition) is 2. The van der Waals surface area contributed by atoms with E-state index in [0.29, 0.717) is 0 Å². The van der Waals surface area contributed by atoms with Crippen molar-refractivity contribution in [2.45, 2.75) is 12.8 Å². The van der Waals surface area contributed by atoms with E-state index in [4.69, 9.17) is 4.42 Å². The van der Waals surface area contributed by atoms with E-state index in [9.17, 15) is 0 Å². The standard InChI is InChI=1S/C51H33NO/c1-2-14-32(15-3-1)47-35-17-4-6-19-37(35)48(38-20-7-5-18-36(38)47)33-27-28-46-45(30-33)43-25-12-26-44(51(43)53-46)50-41-23-10-8-21-39(41)49(34-16-13-29-52-31-34)40-22-9-11-24-42(40)50/h1-12,14-15,17-31H,13,16H2. The summed E-state index contributed by atoms with van der Waals surface area (Å²) in [6.07, 6.45) is 6.01. The zero-order valence-corrected chi connectivity index (χ0v) is 29.0. The minimum absolute atomic E-state index is 0.890. The van der Waals surface area contributed by atoms with E-state index in [0.717, 1.165) is 40.3 Å². The average molecular weight is 676 g/mol. The van der Waals surface area contributed by atoms with Crippen LogP contribution in [0.25, 0.3) is 104 Å². The minimum Gasteiger partial charge on any atom is -0.455 e. The molecule has 0 bridgehead atoms. The van der Waals surface area contributed by atoms with Crippen LogP contribution in [0.1, 0.15) is 18.4 Å². The van der Waals surface area contributed by atoms with Crippen LogP contribution in [-0.4, -0.2) is 6.21 Å². The molecule has 0 atom stereocenters. The molecule has 0 spiro atoms. The number of benzene rings is 9. The second-order valence-corrected chi connectivity index (χ2v) is 14.1. The second-order valence-electron chi connectivity index (χ2n) is 14.1. The number of hydrogen-bond donors (Lipinski definition) is 0. The zero-order chi connectivity index (χ0) is 34.9. The topological polar surface area (TPSA) is 25.5 Å². The fraction of sp³-hybridized carbons (Fsp3) is 0.0392. The lowest BCUT2D eigenvalue weighted by Crippen LogP contribution is -1.96. The van der Waals surface area contributed by atoms with Crippen LogP contribution < -0.4 is 0 Å². The van der Waals surface area contributed by atoms with Crippen LogP contribution in [-0.2, 0) is 0 Å². The number of aliphatic imine (C=N–C) groups is 1. The highest BCUT2D eigenvalue weighted by molar-refractivity contribution is 6.24. The van der Waals surface area contributed by atoms with Crippen LogP contribution in [0.3, 0.4) is 0 Å². The van der Waals surface area contributed by atoms with Crippen LogP contribution in [0.2, 0.25) is 0 Å². The van der Waals surface area contributed by atoms with Crippen molar-refractivity contribution in [1.82, 2.24) is 0 Å². The van der Waals surface area contributed by atoms with E-state index in [1.165, 1.54) is 82.0 Å². The normalized spacial score (nSPS) is 13.2. The molecule has 9 aromatic carbocycles. The highest BCUT2D eigenvalue weighted by Gasteiger charge is 2.22. The molecule has 248 valence electrons. The van der Waals surface area contributed by atoms with Gasteiger partial charge in [0, 0.05) is 34.3 Å². The van der Waals surface area contributed by atoms with Crippen LogP contribution >= 0.6 is 0 Å². The lowest BCUT2D eigenvalue weighted by atomic mass is 9.84. The molecule has 0 amide bonds. The number of nitrogens with zero attached hydrogens (tertiary/aromatic N) is 1. The molecule has 0 saturated heterocycles. The summed E-state index contributed by atoms with van der Waals surface area (Å²) in [6.45, 7) is 0. The van der Waals surface area contributed by atoms with Gasteiger partial charge in [0.05, 0.1) is 0 Å². The Hall–Kier alpha value is -6.77. The molecule has 1 aliphatic rings. The Morgan fingerprint density at radius 2 is 0.906 bits per heavy atom. The molecule has 0 radical (unpaired) electrons. The third-order valence-corrected chi connectivity index (χ3v) is 11.2. The summed E-state index contributed by atoms with van der Waals surface area (Å²) in [5.41, 5.74) is 11.6. The number of allylic oxidation sites excluding steroid dienone is 1. The zero-order valence-electron chi connectivity index (χ0n) is 29.0. The Balaban J connectivity index is 1.17. The van der Waals surface area contributed by atoms with Gasteiger partial charge in [-0.05, 0) is 101 Å². The van der Waals surface area contributed by atoms with Crippen molar-refractivity contribution in [2.24, 2.45) is 4.99 Å². The highest BCUT2D eigenvalue weighted by Crippen LogP contribution is 2.48. The van der Waals surface area contributed by atoms with Gasteiger partial charge < -0.3 is 4.42 Å².